The lowest BCUT2D eigenvalue weighted by atomic mass is 9.94. The molecule has 99 heavy (non-hydrogen) atoms. The molecule has 17 heterocycles. The minimum Gasteiger partial charge on any atom is -0.394 e. The van der Waals surface area contributed by atoms with E-state index < -0.39 is 336 Å². The van der Waals surface area contributed by atoms with E-state index in [1.165, 1.54) is 0 Å². The molecule has 45 atom stereocenters. The highest BCUT2D eigenvalue weighted by Gasteiger charge is 2.62. The summed E-state index contributed by atoms with van der Waals surface area (Å²) in [4.78, 5) is 0. The summed E-state index contributed by atoms with van der Waals surface area (Å²) in [5, 5.41) is 301. The second-order valence-electron chi connectivity index (χ2n) is 25.3. The van der Waals surface area contributed by atoms with E-state index in [1.807, 2.05) is 0 Å². The van der Waals surface area contributed by atoms with Crippen LogP contribution in [0.3, 0.4) is 0 Å². The van der Waals surface area contributed by atoms with Crippen LogP contribution in [0.15, 0.2) is 0 Å². The van der Waals surface area contributed by atoms with Crippen LogP contribution in [0.5, 0.6) is 0 Å². The lowest BCUT2D eigenvalue weighted by molar-refractivity contribution is -0.406. The molecule has 17 aliphatic heterocycles. The third kappa shape index (κ3) is 15.8. The Balaban J connectivity index is 0.968. The van der Waals surface area contributed by atoms with Crippen molar-refractivity contribution >= 4 is 0 Å². The van der Waals surface area contributed by atoms with E-state index in [0.717, 1.165) is 0 Å². The summed E-state index contributed by atoms with van der Waals surface area (Å²) in [7, 11) is 0. The van der Waals surface area contributed by atoms with E-state index in [1.54, 1.807) is 0 Å². The molecule has 45 nitrogen and oxygen atoms in total. The first-order valence-electron chi connectivity index (χ1n) is 31.7. The molecule has 0 aromatic carbocycles. The topological polar surface area (TPSA) is 712 Å². The predicted molar refractivity (Wildman–Crippen MR) is 294 cm³/mol. The lowest BCUT2D eigenvalue weighted by Crippen LogP contribution is -2.70. The Hall–Kier alpha value is -1.80. The maximum Gasteiger partial charge on any atom is 0.187 e. The number of aliphatic hydroxyl groups excluding tert-OH is 27. The summed E-state index contributed by atoms with van der Waals surface area (Å²) in [6.45, 7) is -10.3. The maximum atomic E-state index is 12.5. The van der Waals surface area contributed by atoms with Gasteiger partial charge in [0.2, 0.25) is 0 Å². The van der Waals surface area contributed by atoms with Crippen LogP contribution in [0.4, 0.5) is 0 Å². The molecule has 1 unspecified atom stereocenters. The van der Waals surface area contributed by atoms with Gasteiger partial charge < -0.3 is 223 Å². The standard InChI is InChI=1S/C54H90O45/c55-1-10-37(19(64)27(72)46(81)82-10)92-47-28(73)20(65)36(11(2-56)83-47)91-45-35(80)44-18(9-63)90-54(45)99-43-17(8-62)89-52(34(79)26(43)71)97-41-15(6-60)87-50(32(77)24(41)69)95-39-13(4-58)85-48(30(75)22(39)67)93-38-12(3-57)84-49(29(74)21(38)66)94-40-14(5-59)86-51(31(76)23(40)68)96-42-16(7-61)88-53(98-44)33(78)25(42)70/h10-81H,1-9H2/t10-,11-,12-,13-,14-,15-,16-,17-,18-,19-,20-,21-,22-,23-,24-,25-,26-,27-,28-,29-,30-,31-,32-,33-,34-,35+,36-,37-,38-,39-,40-,41-,42-,43-,44-,45-,46+,47-,48-,49-,50?,51-,52-,53-,54-/m1/s1. The maximum absolute atomic E-state index is 12.5. The van der Waals surface area contributed by atoms with Crippen LogP contribution in [0, 0.1) is 0 Å². The van der Waals surface area contributed by atoms with Gasteiger partial charge in [-0.25, -0.2) is 0 Å². The first-order chi connectivity index (χ1) is 47.1. The van der Waals surface area contributed by atoms with Crippen molar-refractivity contribution in [3.8, 4) is 0 Å². The van der Waals surface area contributed by atoms with Crippen molar-refractivity contribution in [1.82, 2.24) is 0 Å². The average molecular weight is 1460 g/mol. The molecule has 27 N–H and O–H groups in total. The van der Waals surface area contributed by atoms with E-state index in [2.05, 4.69) is 0 Å². The van der Waals surface area contributed by atoms with Crippen molar-refractivity contribution in [2.24, 2.45) is 0 Å². The first kappa shape index (κ1) is 79.8. The number of hydrogen-bond acceptors (Lipinski definition) is 45. The Labute approximate surface area is 558 Å². The van der Waals surface area contributed by atoms with Crippen molar-refractivity contribution in [3.63, 3.8) is 0 Å². The first-order valence-corrected chi connectivity index (χ1v) is 31.7. The fraction of sp³-hybridized carbons (Fsp3) is 1.00. The van der Waals surface area contributed by atoms with Gasteiger partial charge in [-0.2, -0.15) is 0 Å². The molecule has 0 spiro atoms. The lowest BCUT2D eigenvalue weighted by Gasteiger charge is -2.51. The zero-order valence-corrected chi connectivity index (χ0v) is 51.8. The highest BCUT2D eigenvalue weighted by atomic mass is 16.8. The Morgan fingerprint density at radius 1 is 0.172 bits per heavy atom. The van der Waals surface area contributed by atoms with E-state index in [4.69, 9.17) is 85.3 Å². The molecule has 17 fully saturated rings. The van der Waals surface area contributed by atoms with Gasteiger partial charge in [-0.05, 0) is 0 Å². The van der Waals surface area contributed by atoms with Gasteiger partial charge in [0.25, 0.3) is 0 Å². The van der Waals surface area contributed by atoms with E-state index in [9.17, 15) is 138 Å². The highest BCUT2D eigenvalue weighted by molar-refractivity contribution is 5.04. The molecule has 17 rings (SSSR count). The molecule has 0 saturated carbocycles. The van der Waals surface area contributed by atoms with Gasteiger partial charge in [0.15, 0.2) is 56.6 Å². The van der Waals surface area contributed by atoms with Crippen LogP contribution >= 0.6 is 0 Å². The van der Waals surface area contributed by atoms with Crippen LogP contribution < -0.4 is 0 Å². The van der Waals surface area contributed by atoms with Gasteiger partial charge in [-0.15, -0.1) is 0 Å². The van der Waals surface area contributed by atoms with Gasteiger partial charge in [0.05, 0.1) is 59.5 Å². The second kappa shape index (κ2) is 34.0. The Morgan fingerprint density at radius 2 is 0.394 bits per heavy atom. The molecule has 17 aliphatic rings. The minimum absolute atomic E-state index is 0.976. The van der Waals surface area contributed by atoms with Crippen LogP contribution in [-0.2, 0) is 85.3 Å². The molecule has 0 aromatic rings. The van der Waals surface area contributed by atoms with Crippen molar-refractivity contribution in [2.75, 3.05) is 59.5 Å². The number of fused-ring (bicyclic) bond motifs is 7. The number of aliphatic hydroxyl groups is 27. The Bertz CT molecular complexity index is 2460. The molecule has 14 bridgehead atoms. The minimum atomic E-state index is -2.46. The predicted octanol–water partition coefficient (Wildman–Crippen LogP) is -19.6. The molecular formula is C54H90O45. The normalized spacial score (nSPS) is 55.1. The van der Waals surface area contributed by atoms with Crippen molar-refractivity contribution in [3.05, 3.63) is 0 Å². The van der Waals surface area contributed by atoms with Gasteiger partial charge >= 0.3 is 0 Å². The number of hydrogen-bond donors (Lipinski definition) is 27. The molecule has 576 valence electrons. The summed E-state index contributed by atoms with van der Waals surface area (Å²) in [6, 6.07) is 0. The molecule has 0 aromatic heterocycles. The van der Waals surface area contributed by atoms with Crippen molar-refractivity contribution in [2.45, 2.75) is 276 Å². The number of rotatable bonds is 13. The van der Waals surface area contributed by atoms with Crippen LogP contribution in [0.1, 0.15) is 0 Å². The SMILES string of the molecule is OC[C@H]1O[C@H](O)[C@H](O)[C@@H](O)[C@@H]1O[C@H]1O[C@H](CO)[C@@H](O[C@H]2[C@H]3O[C@H]4[C@H](O)[C@@H](O)[C@@H](O[C@H]5[C@H](O)[C@@H](O)C(O[C@H]6[C@H](O)[C@@H](O)[C@@H](O[C@H]7[C@H](O)[C@@H](O)[C@@H](O[C@H]8[C@H](O)[C@@H](O)[C@@H](O[C@H]9[C@H](O)[C@@H](O)[C@@H](O[C@@H]([C@@H]2O)[C@@H](CO)O3)O[C@@H]9CO)O[C@@H]8CO)O[C@@H]7CO)O[C@@H]6CO)O[C@@H]5CO)O[C@@H]4CO)[C@H](O)[C@H]1O. The summed E-state index contributed by atoms with van der Waals surface area (Å²) in [6.07, 6.45) is -95.8. The van der Waals surface area contributed by atoms with Gasteiger partial charge in [0.1, 0.15) is 220 Å². The Morgan fingerprint density at radius 3 is 0.667 bits per heavy atom. The molecule has 0 amide bonds. The number of ether oxygens (including phenoxy) is 18. The molecule has 0 radical (unpaired) electrons. The average Bonchev–Trinajstić information content (AvgIpc) is 0.774. The fourth-order valence-corrected chi connectivity index (χ4v) is 13.5. The zero-order valence-electron chi connectivity index (χ0n) is 51.8. The monoisotopic (exact) mass is 1460 g/mol. The van der Waals surface area contributed by atoms with E-state index in [0.29, 0.717) is 0 Å². The summed E-state index contributed by atoms with van der Waals surface area (Å²) in [5.41, 5.74) is 0. The summed E-state index contributed by atoms with van der Waals surface area (Å²) >= 11 is 0. The summed E-state index contributed by atoms with van der Waals surface area (Å²) < 4.78 is 104. The quantitative estimate of drug-likeness (QED) is 0.0814. The third-order valence-corrected chi connectivity index (χ3v) is 19.0. The van der Waals surface area contributed by atoms with Gasteiger partial charge in [0, 0.05) is 0 Å². The molecule has 45 heteroatoms. The van der Waals surface area contributed by atoms with Crippen LogP contribution in [0.2, 0.25) is 0 Å². The second-order valence-corrected chi connectivity index (χ2v) is 25.3. The smallest absolute Gasteiger partial charge is 0.187 e. The van der Waals surface area contributed by atoms with Crippen LogP contribution in [-0.4, -0.2) is 474 Å². The zero-order chi connectivity index (χ0) is 72.1. The third-order valence-electron chi connectivity index (χ3n) is 19.0. The summed E-state index contributed by atoms with van der Waals surface area (Å²) in [5.74, 6) is 0. The van der Waals surface area contributed by atoms with Crippen LogP contribution in [0.25, 0.3) is 0 Å². The molecule has 17 saturated heterocycles. The molecule has 0 aliphatic carbocycles. The van der Waals surface area contributed by atoms with E-state index >= 15 is 0 Å². The largest absolute Gasteiger partial charge is 0.394 e. The Kier molecular flexibility index (Phi) is 27.4. The van der Waals surface area contributed by atoms with Crippen molar-refractivity contribution in [1.29, 1.82) is 0 Å². The highest BCUT2D eigenvalue weighted by Crippen LogP contribution is 2.41. The van der Waals surface area contributed by atoms with Gasteiger partial charge in [-0.3, -0.25) is 0 Å². The van der Waals surface area contributed by atoms with Crippen molar-refractivity contribution < 1.29 is 223 Å². The fourth-order valence-electron chi connectivity index (χ4n) is 13.5. The van der Waals surface area contributed by atoms with E-state index in [-0.39, 0.29) is 0 Å². The molecular weight excluding hydrogens is 1370 g/mol. The van der Waals surface area contributed by atoms with Gasteiger partial charge in [-0.1, -0.05) is 0 Å².